The van der Waals surface area contributed by atoms with Crippen molar-refractivity contribution in [2.45, 2.75) is 19.6 Å². The average Bonchev–Trinajstić information content (AvgIpc) is 2.72. The number of benzene rings is 2. The number of aryl methyl sites for hydroxylation is 1. The van der Waals surface area contributed by atoms with E-state index in [-0.39, 0.29) is 5.56 Å². The van der Waals surface area contributed by atoms with Gasteiger partial charge in [0, 0.05) is 22.3 Å². The van der Waals surface area contributed by atoms with Gasteiger partial charge in [0.25, 0.3) is 5.56 Å². The van der Waals surface area contributed by atoms with E-state index in [0.29, 0.717) is 34.9 Å². The summed E-state index contributed by atoms with van der Waals surface area (Å²) in [5, 5.41) is 7.10. The minimum absolute atomic E-state index is 0.167. The number of methoxy groups -OCH3 is 1. The number of aromatic nitrogens is 2. The number of ether oxygens (including phenoxy) is 1. The number of nitrogens with one attached hydrogen (secondary N) is 2. The van der Waals surface area contributed by atoms with Crippen LogP contribution in [0.15, 0.2) is 64.4 Å². The molecule has 8 heteroatoms. The molecule has 0 fully saturated rings. The number of guanidine groups is 1. The van der Waals surface area contributed by atoms with Crippen LogP contribution in [0, 0.1) is 6.92 Å². The molecule has 1 aromatic heterocycles. The molecule has 0 amide bonds. The number of aliphatic imine (C=N–C) groups is 1. The summed E-state index contributed by atoms with van der Waals surface area (Å²) in [6, 6.07) is 16.6. The van der Waals surface area contributed by atoms with Gasteiger partial charge < -0.3 is 10.1 Å². The maximum atomic E-state index is 12.7. The highest BCUT2D eigenvalue weighted by Gasteiger charge is 2.28. The second kappa shape index (κ2) is 7.97. The Balaban J connectivity index is 1.75. The van der Waals surface area contributed by atoms with Crippen molar-refractivity contribution in [2.24, 2.45) is 4.99 Å². The number of para-hydroxylation sites is 1. The standard InChI is InChI=1S/C21H20ClN5O2/c1-13-11-18(28)27-19(16-5-3-4-6-17(16)29-2)25-20(26-21(27)24-13)23-12-14-7-9-15(22)10-8-14/h3-11,19H,12H2,1-2H3,(H2,23,24,25,26)/t19-/m1/s1. The third-order valence-corrected chi connectivity index (χ3v) is 4.86. The molecule has 0 spiro atoms. The molecule has 29 heavy (non-hydrogen) atoms. The number of nitrogens with zero attached hydrogens (tertiary/aromatic N) is 3. The van der Waals surface area contributed by atoms with Crippen molar-refractivity contribution in [3.8, 4) is 5.75 Å². The molecule has 1 aliphatic heterocycles. The number of fused-ring (bicyclic) bond motifs is 1. The van der Waals surface area contributed by atoms with E-state index in [9.17, 15) is 4.79 Å². The van der Waals surface area contributed by atoms with E-state index >= 15 is 0 Å². The Hall–Kier alpha value is -3.32. The zero-order chi connectivity index (χ0) is 20.4. The Morgan fingerprint density at radius 3 is 2.72 bits per heavy atom. The molecule has 4 rings (SSSR count). The maximum absolute atomic E-state index is 12.7. The third-order valence-electron chi connectivity index (χ3n) is 4.61. The largest absolute Gasteiger partial charge is 0.496 e. The van der Waals surface area contributed by atoms with Gasteiger partial charge in [-0.25, -0.2) is 9.98 Å². The molecule has 2 N–H and O–H groups in total. The number of hydrogen-bond acceptors (Lipinski definition) is 4. The van der Waals surface area contributed by atoms with Crippen LogP contribution < -0.4 is 20.9 Å². The fraction of sp³-hybridized carbons (Fsp3) is 0.190. The lowest BCUT2D eigenvalue weighted by molar-refractivity contribution is 0.395. The van der Waals surface area contributed by atoms with Gasteiger partial charge in [0.2, 0.25) is 5.95 Å². The van der Waals surface area contributed by atoms with Crippen molar-refractivity contribution in [3.05, 3.63) is 86.8 Å². The van der Waals surface area contributed by atoms with Crippen molar-refractivity contribution < 1.29 is 4.74 Å². The Kier molecular flexibility index (Phi) is 5.22. The van der Waals surface area contributed by atoms with Crippen molar-refractivity contribution in [1.29, 1.82) is 0 Å². The number of halogens is 1. The van der Waals surface area contributed by atoms with Gasteiger partial charge in [-0.3, -0.25) is 14.7 Å². The van der Waals surface area contributed by atoms with Crippen molar-refractivity contribution >= 4 is 23.5 Å². The highest BCUT2D eigenvalue weighted by molar-refractivity contribution is 6.30. The van der Waals surface area contributed by atoms with Gasteiger partial charge in [0.1, 0.15) is 11.9 Å². The minimum atomic E-state index is -0.507. The predicted octanol–water partition coefficient (Wildman–Crippen LogP) is 3.33. The summed E-state index contributed by atoms with van der Waals surface area (Å²) in [5.74, 6) is 1.62. The van der Waals surface area contributed by atoms with Gasteiger partial charge in [-0.1, -0.05) is 41.9 Å². The summed E-state index contributed by atoms with van der Waals surface area (Å²) in [5.41, 5.74) is 2.29. The van der Waals surface area contributed by atoms with Crippen molar-refractivity contribution in [3.63, 3.8) is 0 Å². The van der Waals surface area contributed by atoms with Gasteiger partial charge >= 0.3 is 0 Å². The molecular formula is C21H20ClN5O2. The minimum Gasteiger partial charge on any atom is -0.496 e. The lowest BCUT2D eigenvalue weighted by Crippen LogP contribution is -2.48. The number of rotatable bonds is 4. The summed E-state index contributed by atoms with van der Waals surface area (Å²) in [7, 11) is 1.60. The topological polar surface area (TPSA) is 80.5 Å². The highest BCUT2D eigenvalue weighted by atomic mass is 35.5. The Bertz CT molecular complexity index is 1120. The first kappa shape index (κ1) is 19.0. The van der Waals surface area contributed by atoms with Crippen LogP contribution in [0.2, 0.25) is 5.02 Å². The van der Waals surface area contributed by atoms with Crippen LogP contribution in [-0.2, 0) is 6.54 Å². The molecule has 1 aliphatic rings. The Morgan fingerprint density at radius 2 is 1.97 bits per heavy atom. The van der Waals surface area contributed by atoms with Gasteiger partial charge in [0.15, 0.2) is 5.96 Å². The number of anilines is 1. The average molecular weight is 410 g/mol. The molecule has 0 saturated heterocycles. The van der Waals surface area contributed by atoms with Crippen LogP contribution in [-0.4, -0.2) is 22.6 Å². The molecule has 7 nitrogen and oxygen atoms in total. The van der Waals surface area contributed by atoms with E-state index in [1.165, 1.54) is 6.07 Å². The van der Waals surface area contributed by atoms with Crippen LogP contribution in [0.1, 0.15) is 23.0 Å². The summed E-state index contributed by atoms with van der Waals surface area (Å²) >= 11 is 5.95. The fourth-order valence-electron chi connectivity index (χ4n) is 3.23. The van der Waals surface area contributed by atoms with Gasteiger partial charge in [-0.15, -0.1) is 0 Å². The van der Waals surface area contributed by atoms with Gasteiger partial charge in [0.05, 0.1) is 13.7 Å². The zero-order valence-corrected chi connectivity index (χ0v) is 16.8. The molecule has 0 radical (unpaired) electrons. The van der Waals surface area contributed by atoms with E-state index in [1.54, 1.807) is 18.6 Å². The fourth-order valence-corrected chi connectivity index (χ4v) is 3.36. The highest BCUT2D eigenvalue weighted by Crippen LogP contribution is 2.28. The van der Waals surface area contributed by atoms with Crippen LogP contribution in [0.4, 0.5) is 5.95 Å². The first-order valence-electron chi connectivity index (χ1n) is 9.10. The Morgan fingerprint density at radius 1 is 1.21 bits per heavy atom. The van der Waals surface area contributed by atoms with Gasteiger partial charge in [-0.2, -0.15) is 0 Å². The van der Waals surface area contributed by atoms with Crippen molar-refractivity contribution in [2.75, 3.05) is 12.4 Å². The molecule has 3 aromatic rings. The first-order chi connectivity index (χ1) is 14.0. The van der Waals surface area contributed by atoms with E-state index < -0.39 is 6.17 Å². The lowest BCUT2D eigenvalue weighted by Gasteiger charge is -2.31. The first-order valence-corrected chi connectivity index (χ1v) is 9.48. The van der Waals surface area contributed by atoms with E-state index in [1.807, 2.05) is 48.5 Å². The number of hydrogen-bond donors (Lipinski definition) is 2. The smallest absolute Gasteiger partial charge is 0.257 e. The van der Waals surface area contributed by atoms with Crippen LogP contribution in [0.3, 0.4) is 0 Å². The lowest BCUT2D eigenvalue weighted by atomic mass is 10.1. The molecule has 0 bridgehead atoms. The predicted molar refractivity (Wildman–Crippen MR) is 114 cm³/mol. The molecule has 1 atom stereocenters. The molecule has 148 valence electrons. The second-order valence-electron chi connectivity index (χ2n) is 6.63. The molecule has 0 saturated carbocycles. The maximum Gasteiger partial charge on any atom is 0.257 e. The van der Waals surface area contributed by atoms with E-state index in [0.717, 1.165) is 11.1 Å². The van der Waals surface area contributed by atoms with Crippen LogP contribution in [0.25, 0.3) is 0 Å². The monoisotopic (exact) mass is 409 g/mol. The Labute approximate surface area is 173 Å². The van der Waals surface area contributed by atoms with E-state index in [4.69, 9.17) is 16.3 Å². The van der Waals surface area contributed by atoms with Gasteiger partial charge in [-0.05, 0) is 30.7 Å². The van der Waals surface area contributed by atoms with Crippen LogP contribution in [0.5, 0.6) is 5.75 Å². The quantitative estimate of drug-likeness (QED) is 0.690. The molecular weight excluding hydrogens is 390 g/mol. The molecule has 0 aliphatic carbocycles. The summed E-state index contributed by atoms with van der Waals surface area (Å²) in [4.78, 5) is 21.9. The molecule has 0 unspecified atom stereocenters. The summed E-state index contributed by atoms with van der Waals surface area (Å²) in [6.07, 6.45) is -0.507. The van der Waals surface area contributed by atoms with Crippen molar-refractivity contribution in [1.82, 2.24) is 14.9 Å². The van der Waals surface area contributed by atoms with Crippen LogP contribution >= 0.6 is 11.6 Å². The zero-order valence-electron chi connectivity index (χ0n) is 16.0. The second-order valence-corrected chi connectivity index (χ2v) is 7.07. The molecule has 2 aromatic carbocycles. The van der Waals surface area contributed by atoms with E-state index in [2.05, 4.69) is 20.6 Å². The summed E-state index contributed by atoms with van der Waals surface area (Å²) in [6.45, 7) is 2.23. The summed E-state index contributed by atoms with van der Waals surface area (Å²) < 4.78 is 7.07. The molecule has 2 heterocycles. The SMILES string of the molecule is COc1ccccc1[C@@H]1NC(=NCc2ccc(Cl)cc2)Nc2nc(C)cc(=O)n21. The third kappa shape index (κ3) is 3.95. The normalized spacial score (nSPS) is 16.7.